The van der Waals surface area contributed by atoms with Crippen molar-refractivity contribution in [1.29, 1.82) is 5.26 Å². The average Bonchev–Trinajstić information content (AvgIpc) is 2.38. The number of hydrogen-bond donors (Lipinski definition) is 0. The van der Waals surface area contributed by atoms with Gasteiger partial charge in [0.1, 0.15) is 0 Å². The van der Waals surface area contributed by atoms with Crippen molar-refractivity contribution in [3.63, 3.8) is 0 Å². The average molecular weight is 229 g/mol. The molecule has 0 bridgehead atoms. The molecule has 0 unspecified atom stereocenters. The van der Waals surface area contributed by atoms with Crippen LogP contribution in [0.15, 0.2) is 18.2 Å². The lowest BCUT2D eigenvalue weighted by Crippen LogP contribution is -2.16. The second-order valence-electron chi connectivity index (χ2n) is 4.82. The monoisotopic (exact) mass is 229 g/mol. The van der Waals surface area contributed by atoms with Gasteiger partial charge < -0.3 is 4.74 Å². The van der Waals surface area contributed by atoms with Gasteiger partial charge in [0, 0.05) is 0 Å². The fraction of sp³-hybridized carbons (Fsp3) is 0.533. The number of nitrogens with zero attached hydrogens (tertiary/aromatic N) is 1. The maximum Gasteiger partial charge on any atom is 0.0991 e. The molecule has 0 radical (unpaired) electrons. The number of hydrogen-bond acceptors (Lipinski definition) is 2. The molecule has 1 saturated carbocycles. The minimum atomic E-state index is 0.443. The smallest absolute Gasteiger partial charge is 0.0991 e. The topological polar surface area (TPSA) is 33.0 Å². The summed E-state index contributed by atoms with van der Waals surface area (Å²) in [4.78, 5) is 0. The highest BCUT2D eigenvalue weighted by Gasteiger charge is 2.13. The van der Waals surface area contributed by atoms with E-state index in [0.717, 1.165) is 11.1 Å². The highest BCUT2D eigenvalue weighted by atomic mass is 16.5. The van der Waals surface area contributed by atoms with Gasteiger partial charge >= 0.3 is 0 Å². The summed E-state index contributed by atoms with van der Waals surface area (Å²) in [7, 11) is 0. The molecule has 2 heteroatoms. The number of aryl methyl sites for hydroxylation is 1. The molecule has 0 aromatic heterocycles. The van der Waals surface area contributed by atoms with Gasteiger partial charge in [-0.3, -0.25) is 0 Å². The molecule has 0 amide bonds. The van der Waals surface area contributed by atoms with Crippen molar-refractivity contribution in [2.24, 2.45) is 0 Å². The lowest BCUT2D eigenvalue weighted by atomic mass is 9.97. The standard InChI is InChI=1S/C15H19NO/c1-12-9-13(10-16)7-8-14(12)11-17-15-5-3-2-4-6-15/h7-9,15H,2-6,11H2,1H3. The highest BCUT2D eigenvalue weighted by molar-refractivity contribution is 5.37. The van der Waals surface area contributed by atoms with E-state index < -0.39 is 0 Å². The largest absolute Gasteiger partial charge is 0.374 e. The Labute approximate surface area is 103 Å². The quantitative estimate of drug-likeness (QED) is 0.791. The molecule has 0 atom stereocenters. The summed E-state index contributed by atoms with van der Waals surface area (Å²) in [6.07, 6.45) is 6.81. The summed E-state index contributed by atoms with van der Waals surface area (Å²) >= 11 is 0. The van der Waals surface area contributed by atoms with Crippen molar-refractivity contribution in [1.82, 2.24) is 0 Å². The van der Waals surface area contributed by atoms with Gasteiger partial charge in [-0.2, -0.15) is 5.26 Å². The van der Waals surface area contributed by atoms with Gasteiger partial charge in [-0.1, -0.05) is 25.3 Å². The van der Waals surface area contributed by atoms with Crippen LogP contribution >= 0.6 is 0 Å². The van der Waals surface area contributed by atoms with Crippen LogP contribution in [0, 0.1) is 18.3 Å². The first-order valence-electron chi connectivity index (χ1n) is 6.41. The number of nitriles is 1. The Morgan fingerprint density at radius 2 is 2.06 bits per heavy atom. The molecule has 0 heterocycles. The molecule has 2 nitrogen and oxygen atoms in total. The van der Waals surface area contributed by atoms with E-state index >= 15 is 0 Å². The zero-order valence-electron chi connectivity index (χ0n) is 10.4. The van der Waals surface area contributed by atoms with Crippen LogP contribution in [0.25, 0.3) is 0 Å². The second-order valence-corrected chi connectivity index (χ2v) is 4.82. The molecule has 0 aliphatic heterocycles. The van der Waals surface area contributed by atoms with Crippen LogP contribution in [0.2, 0.25) is 0 Å². The normalized spacial score (nSPS) is 16.7. The van der Waals surface area contributed by atoms with E-state index in [-0.39, 0.29) is 0 Å². The maximum atomic E-state index is 8.81. The lowest BCUT2D eigenvalue weighted by molar-refractivity contribution is 0.0166. The summed E-state index contributed by atoms with van der Waals surface area (Å²) in [6.45, 7) is 2.72. The summed E-state index contributed by atoms with van der Waals surface area (Å²) in [5.41, 5.74) is 3.08. The molecule has 1 aliphatic carbocycles. The second kappa shape index (κ2) is 5.84. The van der Waals surface area contributed by atoms with E-state index in [9.17, 15) is 0 Å². The molecule has 0 N–H and O–H groups in total. The van der Waals surface area contributed by atoms with Crippen molar-refractivity contribution in [3.05, 3.63) is 34.9 Å². The molecule has 1 aliphatic rings. The minimum Gasteiger partial charge on any atom is -0.374 e. The SMILES string of the molecule is Cc1cc(C#N)ccc1COC1CCCCC1. The van der Waals surface area contributed by atoms with Crippen LogP contribution < -0.4 is 0 Å². The Bertz CT molecular complexity index is 413. The summed E-state index contributed by atoms with van der Waals surface area (Å²) in [5.74, 6) is 0. The Hall–Kier alpha value is -1.33. The lowest BCUT2D eigenvalue weighted by Gasteiger charge is -2.22. The molecule has 1 fully saturated rings. The Kier molecular flexibility index (Phi) is 4.17. The first-order chi connectivity index (χ1) is 8.29. The zero-order chi connectivity index (χ0) is 12.1. The van der Waals surface area contributed by atoms with Gasteiger partial charge in [0.05, 0.1) is 24.3 Å². The maximum absolute atomic E-state index is 8.81. The molecule has 0 spiro atoms. The van der Waals surface area contributed by atoms with Gasteiger partial charge in [-0.25, -0.2) is 0 Å². The molecular weight excluding hydrogens is 210 g/mol. The van der Waals surface area contributed by atoms with Crippen molar-refractivity contribution < 1.29 is 4.74 Å². The fourth-order valence-electron chi connectivity index (χ4n) is 2.37. The number of benzene rings is 1. The van der Waals surface area contributed by atoms with Crippen LogP contribution in [0.1, 0.15) is 48.8 Å². The van der Waals surface area contributed by atoms with Crippen molar-refractivity contribution in [3.8, 4) is 6.07 Å². The first-order valence-corrected chi connectivity index (χ1v) is 6.41. The fourth-order valence-corrected chi connectivity index (χ4v) is 2.37. The third-order valence-corrected chi connectivity index (χ3v) is 3.50. The van der Waals surface area contributed by atoms with Crippen molar-refractivity contribution in [2.75, 3.05) is 0 Å². The Morgan fingerprint density at radius 3 is 2.71 bits per heavy atom. The van der Waals surface area contributed by atoms with Crippen LogP contribution in [0.5, 0.6) is 0 Å². The molecule has 90 valence electrons. The van der Waals surface area contributed by atoms with Crippen LogP contribution in [0.3, 0.4) is 0 Å². The predicted octanol–water partition coefficient (Wildman–Crippen LogP) is 3.72. The van der Waals surface area contributed by atoms with Crippen molar-refractivity contribution >= 4 is 0 Å². The van der Waals surface area contributed by atoms with E-state index in [2.05, 4.69) is 6.07 Å². The molecule has 1 aromatic rings. The molecule has 2 rings (SSSR count). The molecule has 0 saturated heterocycles. The van der Waals surface area contributed by atoms with Crippen LogP contribution in [-0.4, -0.2) is 6.10 Å². The van der Waals surface area contributed by atoms with E-state index in [1.807, 2.05) is 25.1 Å². The van der Waals surface area contributed by atoms with Gasteiger partial charge in [-0.05, 0) is 43.0 Å². The summed E-state index contributed by atoms with van der Waals surface area (Å²) < 4.78 is 5.94. The molecule has 17 heavy (non-hydrogen) atoms. The predicted molar refractivity (Wildman–Crippen MR) is 67.6 cm³/mol. The van der Waals surface area contributed by atoms with Gasteiger partial charge in [0.15, 0.2) is 0 Å². The van der Waals surface area contributed by atoms with Crippen molar-refractivity contribution in [2.45, 2.75) is 51.7 Å². The first kappa shape index (κ1) is 12.1. The minimum absolute atomic E-state index is 0.443. The third-order valence-electron chi connectivity index (χ3n) is 3.50. The van der Waals surface area contributed by atoms with E-state index in [0.29, 0.717) is 12.7 Å². The van der Waals surface area contributed by atoms with Crippen LogP contribution in [0.4, 0.5) is 0 Å². The molecule has 1 aromatic carbocycles. The molecular formula is C15H19NO. The van der Waals surface area contributed by atoms with E-state index in [4.69, 9.17) is 10.00 Å². The summed E-state index contributed by atoms with van der Waals surface area (Å²) in [6, 6.07) is 7.97. The van der Waals surface area contributed by atoms with Gasteiger partial charge in [0.2, 0.25) is 0 Å². The highest BCUT2D eigenvalue weighted by Crippen LogP contribution is 2.22. The zero-order valence-corrected chi connectivity index (χ0v) is 10.4. The summed E-state index contributed by atoms with van der Waals surface area (Å²) in [5, 5.41) is 8.81. The number of rotatable bonds is 3. The Morgan fingerprint density at radius 1 is 1.29 bits per heavy atom. The van der Waals surface area contributed by atoms with E-state index in [1.165, 1.54) is 37.7 Å². The Balaban J connectivity index is 1.92. The van der Waals surface area contributed by atoms with Gasteiger partial charge in [0.25, 0.3) is 0 Å². The third kappa shape index (κ3) is 3.31. The van der Waals surface area contributed by atoms with Gasteiger partial charge in [-0.15, -0.1) is 0 Å². The van der Waals surface area contributed by atoms with E-state index in [1.54, 1.807) is 0 Å². The number of ether oxygens (including phenoxy) is 1. The van der Waals surface area contributed by atoms with Crippen LogP contribution in [-0.2, 0) is 11.3 Å².